The smallest absolute Gasteiger partial charge is 0.267 e. The van der Waals surface area contributed by atoms with Crippen LogP contribution in [0.5, 0.6) is 11.5 Å². The number of thioether (sulfide) groups is 1. The lowest BCUT2D eigenvalue weighted by Gasteiger charge is -2.15. The van der Waals surface area contributed by atoms with Crippen LogP contribution in [0.4, 0.5) is 5.69 Å². The SMILES string of the molecule is COc1cc(/C=C2/SC(=Nc3ccccc3)N(Cc3ccccc3)C2=O)ccc1OCc1ccccc1C#N. The maximum absolute atomic E-state index is 13.5. The molecule has 0 saturated carbocycles. The Morgan fingerprint density at radius 3 is 2.38 bits per heavy atom. The van der Waals surface area contributed by atoms with Gasteiger partial charge in [-0.05, 0) is 59.3 Å². The van der Waals surface area contributed by atoms with Crippen molar-refractivity contribution >= 4 is 34.6 Å². The number of carbonyl (C=O) groups is 1. The minimum atomic E-state index is -0.106. The summed E-state index contributed by atoms with van der Waals surface area (Å²) < 4.78 is 11.6. The number of para-hydroxylation sites is 1. The highest BCUT2D eigenvalue weighted by Gasteiger charge is 2.33. The van der Waals surface area contributed by atoms with Crippen molar-refractivity contribution in [3.8, 4) is 17.6 Å². The number of methoxy groups -OCH3 is 1. The van der Waals surface area contributed by atoms with Crippen molar-refractivity contribution in [3.63, 3.8) is 0 Å². The number of benzene rings is 4. The number of aliphatic imine (C=N–C) groups is 1. The third kappa shape index (κ3) is 6.20. The lowest BCUT2D eigenvalue weighted by molar-refractivity contribution is -0.122. The Morgan fingerprint density at radius 1 is 0.923 bits per heavy atom. The molecule has 5 rings (SSSR count). The van der Waals surface area contributed by atoms with Crippen LogP contribution in [0.25, 0.3) is 6.08 Å². The number of amidine groups is 1. The Labute approximate surface area is 231 Å². The van der Waals surface area contributed by atoms with Crippen LogP contribution in [0.1, 0.15) is 22.3 Å². The van der Waals surface area contributed by atoms with Crippen molar-refractivity contribution in [1.29, 1.82) is 5.26 Å². The summed E-state index contributed by atoms with van der Waals surface area (Å²) in [5.74, 6) is 0.981. The summed E-state index contributed by atoms with van der Waals surface area (Å²) in [6, 6.07) is 34.5. The van der Waals surface area contributed by atoms with E-state index >= 15 is 0 Å². The normalized spacial score (nSPS) is 15.0. The van der Waals surface area contributed by atoms with Gasteiger partial charge >= 0.3 is 0 Å². The van der Waals surface area contributed by atoms with E-state index in [1.165, 1.54) is 11.8 Å². The van der Waals surface area contributed by atoms with Gasteiger partial charge in [0.2, 0.25) is 0 Å². The molecular formula is C32H25N3O3S. The van der Waals surface area contributed by atoms with E-state index in [9.17, 15) is 10.1 Å². The molecule has 0 spiro atoms. The molecule has 1 heterocycles. The van der Waals surface area contributed by atoms with Gasteiger partial charge in [0.05, 0.1) is 35.9 Å². The average Bonchev–Trinajstić information content (AvgIpc) is 3.26. The van der Waals surface area contributed by atoms with E-state index in [0.717, 1.165) is 22.4 Å². The second-order valence-electron chi connectivity index (χ2n) is 8.69. The van der Waals surface area contributed by atoms with Crippen LogP contribution in [0, 0.1) is 11.3 Å². The first kappa shape index (κ1) is 25.8. The molecule has 1 aliphatic rings. The van der Waals surface area contributed by atoms with Crippen molar-refractivity contribution in [2.24, 2.45) is 4.99 Å². The van der Waals surface area contributed by atoms with Gasteiger partial charge in [0, 0.05) is 5.56 Å². The lowest BCUT2D eigenvalue weighted by atomic mass is 10.1. The van der Waals surface area contributed by atoms with Gasteiger partial charge in [-0.3, -0.25) is 9.69 Å². The molecule has 0 N–H and O–H groups in total. The monoisotopic (exact) mass is 531 g/mol. The molecule has 0 aromatic heterocycles. The molecule has 0 unspecified atom stereocenters. The van der Waals surface area contributed by atoms with Crippen LogP contribution in [0.2, 0.25) is 0 Å². The molecule has 192 valence electrons. The molecule has 1 saturated heterocycles. The van der Waals surface area contributed by atoms with Gasteiger partial charge in [-0.25, -0.2) is 4.99 Å². The average molecular weight is 532 g/mol. The predicted octanol–water partition coefficient (Wildman–Crippen LogP) is 6.95. The Bertz CT molecular complexity index is 1580. The summed E-state index contributed by atoms with van der Waals surface area (Å²) in [5, 5.41) is 9.96. The molecule has 0 radical (unpaired) electrons. The van der Waals surface area contributed by atoms with Crippen molar-refractivity contribution in [2.75, 3.05) is 7.11 Å². The molecule has 0 aliphatic carbocycles. The number of rotatable bonds is 8. The van der Waals surface area contributed by atoms with Crippen LogP contribution < -0.4 is 9.47 Å². The Morgan fingerprint density at radius 2 is 1.64 bits per heavy atom. The van der Waals surface area contributed by atoms with Crippen LogP contribution in [0.15, 0.2) is 113 Å². The second-order valence-corrected chi connectivity index (χ2v) is 9.69. The zero-order valence-electron chi connectivity index (χ0n) is 21.3. The van der Waals surface area contributed by atoms with E-state index < -0.39 is 0 Å². The number of carbonyl (C=O) groups excluding carboxylic acids is 1. The third-order valence-corrected chi connectivity index (χ3v) is 7.07. The van der Waals surface area contributed by atoms with Crippen molar-refractivity contribution < 1.29 is 14.3 Å². The van der Waals surface area contributed by atoms with E-state index in [2.05, 4.69) is 6.07 Å². The number of ether oxygens (including phenoxy) is 2. The summed E-state index contributed by atoms with van der Waals surface area (Å²) >= 11 is 1.35. The number of nitrogens with zero attached hydrogens (tertiary/aromatic N) is 3. The van der Waals surface area contributed by atoms with E-state index in [1.54, 1.807) is 18.1 Å². The van der Waals surface area contributed by atoms with Crippen LogP contribution in [-0.2, 0) is 17.9 Å². The van der Waals surface area contributed by atoms with Gasteiger partial charge in [0.1, 0.15) is 6.61 Å². The van der Waals surface area contributed by atoms with Gasteiger partial charge in [-0.1, -0.05) is 72.8 Å². The van der Waals surface area contributed by atoms with E-state index in [-0.39, 0.29) is 12.5 Å². The van der Waals surface area contributed by atoms with E-state index in [4.69, 9.17) is 14.5 Å². The molecule has 6 nitrogen and oxygen atoms in total. The zero-order valence-corrected chi connectivity index (χ0v) is 22.1. The fourth-order valence-electron chi connectivity index (χ4n) is 4.07. The van der Waals surface area contributed by atoms with Gasteiger partial charge in [-0.15, -0.1) is 0 Å². The fraction of sp³-hybridized carbons (Fsp3) is 0.0938. The summed E-state index contributed by atoms with van der Waals surface area (Å²) in [6.07, 6.45) is 1.84. The van der Waals surface area contributed by atoms with Crippen molar-refractivity contribution in [3.05, 3.63) is 130 Å². The summed E-state index contributed by atoms with van der Waals surface area (Å²) in [7, 11) is 1.57. The number of hydrogen-bond acceptors (Lipinski definition) is 6. The highest BCUT2D eigenvalue weighted by Crippen LogP contribution is 2.37. The maximum atomic E-state index is 13.5. The lowest BCUT2D eigenvalue weighted by Crippen LogP contribution is -2.28. The second kappa shape index (κ2) is 12.2. The molecule has 0 atom stereocenters. The molecule has 0 bridgehead atoms. The van der Waals surface area contributed by atoms with E-state index in [1.807, 2.05) is 103 Å². The first-order chi connectivity index (χ1) is 19.1. The fourth-order valence-corrected chi connectivity index (χ4v) is 5.06. The molecule has 4 aromatic rings. The largest absolute Gasteiger partial charge is 0.493 e. The molecular weight excluding hydrogens is 506 g/mol. The minimum Gasteiger partial charge on any atom is -0.493 e. The van der Waals surface area contributed by atoms with Crippen LogP contribution >= 0.6 is 11.8 Å². The molecule has 7 heteroatoms. The number of amides is 1. The van der Waals surface area contributed by atoms with Gasteiger partial charge in [0.15, 0.2) is 16.7 Å². The van der Waals surface area contributed by atoms with Gasteiger partial charge < -0.3 is 9.47 Å². The predicted molar refractivity (Wildman–Crippen MR) is 155 cm³/mol. The van der Waals surface area contributed by atoms with Crippen LogP contribution in [-0.4, -0.2) is 23.1 Å². The van der Waals surface area contributed by atoms with Gasteiger partial charge in [-0.2, -0.15) is 5.26 Å². The Balaban J connectivity index is 1.40. The third-order valence-electron chi connectivity index (χ3n) is 6.06. The molecule has 4 aromatic carbocycles. The molecule has 39 heavy (non-hydrogen) atoms. The molecule has 1 fully saturated rings. The number of hydrogen-bond donors (Lipinski definition) is 0. The standard InChI is InChI=1S/C32H25N3O3S/c1-37-29-18-24(16-17-28(29)38-22-26-13-9-8-12-25(26)20-33)19-30-31(36)35(21-23-10-4-2-5-11-23)32(39-30)34-27-14-6-3-7-15-27/h2-19H,21-22H2,1H3/b30-19+,34-32?. The summed E-state index contributed by atoms with van der Waals surface area (Å²) in [6.45, 7) is 0.665. The summed E-state index contributed by atoms with van der Waals surface area (Å²) in [4.78, 5) is 20.6. The van der Waals surface area contributed by atoms with Crippen molar-refractivity contribution in [2.45, 2.75) is 13.2 Å². The minimum absolute atomic E-state index is 0.106. The number of nitriles is 1. The first-order valence-electron chi connectivity index (χ1n) is 12.3. The zero-order chi connectivity index (χ0) is 27.0. The molecule has 1 amide bonds. The highest BCUT2D eigenvalue weighted by atomic mass is 32.2. The topological polar surface area (TPSA) is 74.9 Å². The highest BCUT2D eigenvalue weighted by molar-refractivity contribution is 8.18. The van der Waals surface area contributed by atoms with Crippen molar-refractivity contribution in [1.82, 2.24) is 4.90 Å². The quantitative estimate of drug-likeness (QED) is 0.230. The maximum Gasteiger partial charge on any atom is 0.267 e. The Kier molecular flexibility index (Phi) is 8.06. The first-order valence-corrected chi connectivity index (χ1v) is 13.1. The van der Waals surface area contributed by atoms with Gasteiger partial charge in [0.25, 0.3) is 5.91 Å². The van der Waals surface area contributed by atoms with E-state index in [0.29, 0.717) is 33.7 Å². The molecule has 1 aliphatic heterocycles. The van der Waals surface area contributed by atoms with Crippen LogP contribution in [0.3, 0.4) is 0 Å². The summed E-state index contributed by atoms with van der Waals surface area (Å²) in [5.41, 5.74) is 3.98. The Hall–Kier alpha value is -4.80.